The van der Waals surface area contributed by atoms with E-state index in [1.807, 2.05) is 28.2 Å². The van der Waals surface area contributed by atoms with Crippen LogP contribution in [0.4, 0.5) is 0 Å². The molecule has 8 heteroatoms. The van der Waals surface area contributed by atoms with E-state index < -0.39 is 17.6 Å². The molecule has 8 nitrogen and oxygen atoms in total. The molecule has 0 unspecified atom stereocenters. The summed E-state index contributed by atoms with van der Waals surface area (Å²) in [5.41, 5.74) is 2.02. The van der Waals surface area contributed by atoms with Gasteiger partial charge in [-0.05, 0) is 48.9 Å². The van der Waals surface area contributed by atoms with Gasteiger partial charge in [-0.2, -0.15) is 5.06 Å². The highest BCUT2D eigenvalue weighted by Gasteiger charge is 2.53. The van der Waals surface area contributed by atoms with Crippen molar-refractivity contribution in [3.63, 3.8) is 0 Å². The van der Waals surface area contributed by atoms with Crippen molar-refractivity contribution in [1.82, 2.24) is 20.3 Å². The summed E-state index contributed by atoms with van der Waals surface area (Å²) in [5, 5.41) is 16.5. The van der Waals surface area contributed by atoms with Gasteiger partial charge in [0, 0.05) is 50.4 Å². The molecule has 2 N–H and O–H groups in total. The van der Waals surface area contributed by atoms with E-state index in [0.717, 1.165) is 37.1 Å². The monoisotopic (exact) mass is 464 g/mol. The second kappa shape index (κ2) is 9.82. The molecule has 34 heavy (non-hydrogen) atoms. The number of piperidine rings is 1. The fourth-order valence-corrected chi connectivity index (χ4v) is 5.67. The van der Waals surface area contributed by atoms with E-state index in [1.54, 1.807) is 18.3 Å². The van der Waals surface area contributed by atoms with Gasteiger partial charge in [0.05, 0.1) is 24.3 Å². The minimum Gasteiger partial charge on any atom is -0.390 e. The zero-order chi connectivity index (χ0) is 23.5. The molecule has 2 saturated heterocycles. The molecule has 1 aromatic heterocycles. The Balaban J connectivity index is 1.26. The maximum atomic E-state index is 12.9. The lowest BCUT2D eigenvalue weighted by Gasteiger charge is -2.43. The van der Waals surface area contributed by atoms with Crippen molar-refractivity contribution in [2.45, 2.75) is 49.7 Å². The number of nitrogens with one attached hydrogen (secondary N) is 1. The van der Waals surface area contributed by atoms with Crippen molar-refractivity contribution < 1.29 is 19.5 Å². The molecule has 5 rings (SSSR count). The summed E-state index contributed by atoms with van der Waals surface area (Å²) in [6.45, 7) is 3.42. The number of likely N-dealkylation sites (tertiary alicyclic amines) is 1. The summed E-state index contributed by atoms with van der Waals surface area (Å²) in [4.78, 5) is 37.2. The van der Waals surface area contributed by atoms with Crippen LogP contribution in [0.3, 0.4) is 0 Å². The molecule has 2 aromatic rings. The summed E-state index contributed by atoms with van der Waals surface area (Å²) in [5.74, 6) is -0.122. The first-order chi connectivity index (χ1) is 16.6. The number of carbonyl (C=O) groups excluding carboxylic acids is 2. The van der Waals surface area contributed by atoms with Gasteiger partial charge in [0.15, 0.2) is 0 Å². The number of carbonyl (C=O) groups is 2. The maximum absolute atomic E-state index is 12.9. The molecule has 2 aliphatic heterocycles. The van der Waals surface area contributed by atoms with Crippen LogP contribution in [-0.4, -0.2) is 70.8 Å². The molecule has 1 aromatic carbocycles. The number of aliphatic hydroxyl groups is 1. The van der Waals surface area contributed by atoms with E-state index in [2.05, 4.69) is 16.4 Å². The van der Waals surface area contributed by atoms with Crippen molar-refractivity contribution >= 4 is 11.8 Å². The van der Waals surface area contributed by atoms with Crippen LogP contribution in [0.25, 0.3) is 0 Å². The third-order valence-corrected chi connectivity index (χ3v) is 7.58. The van der Waals surface area contributed by atoms with E-state index in [1.165, 1.54) is 6.20 Å². The van der Waals surface area contributed by atoms with Crippen LogP contribution < -0.4 is 5.32 Å². The van der Waals surface area contributed by atoms with E-state index in [4.69, 9.17) is 4.84 Å². The molecule has 1 spiro atoms. The molecule has 0 bridgehead atoms. The van der Waals surface area contributed by atoms with Gasteiger partial charge in [0.25, 0.3) is 5.91 Å². The third-order valence-electron chi connectivity index (χ3n) is 7.58. The van der Waals surface area contributed by atoms with Crippen LogP contribution >= 0.6 is 0 Å². The zero-order valence-corrected chi connectivity index (χ0v) is 19.4. The Hall–Kier alpha value is -2.81. The van der Waals surface area contributed by atoms with Gasteiger partial charge in [0.2, 0.25) is 5.91 Å². The van der Waals surface area contributed by atoms with Gasteiger partial charge >= 0.3 is 0 Å². The predicted molar refractivity (Wildman–Crippen MR) is 126 cm³/mol. The van der Waals surface area contributed by atoms with Crippen LogP contribution in [0.5, 0.6) is 0 Å². The van der Waals surface area contributed by atoms with Crippen LogP contribution in [0.1, 0.15) is 59.6 Å². The van der Waals surface area contributed by atoms with Crippen molar-refractivity contribution in [2.24, 2.45) is 0 Å². The van der Waals surface area contributed by atoms with Crippen LogP contribution in [0, 0.1) is 0 Å². The van der Waals surface area contributed by atoms with Gasteiger partial charge in [-0.25, -0.2) is 0 Å². The van der Waals surface area contributed by atoms with Crippen molar-refractivity contribution in [3.05, 3.63) is 65.5 Å². The Kier molecular flexibility index (Phi) is 6.63. The molecule has 2 fully saturated rings. The van der Waals surface area contributed by atoms with Crippen LogP contribution in [0.2, 0.25) is 0 Å². The van der Waals surface area contributed by atoms with Gasteiger partial charge in [-0.15, -0.1) is 0 Å². The number of rotatable bonds is 5. The Morgan fingerprint density at radius 1 is 1.12 bits per heavy atom. The van der Waals surface area contributed by atoms with Gasteiger partial charge in [0.1, 0.15) is 0 Å². The molecule has 0 saturated carbocycles. The number of hydroxylamine groups is 2. The van der Waals surface area contributed by atoms with E-state index in [0.29, 0.717) is 44.5 Å². The number of hydrogen-bond acceptors (Lipinski definition) is 6. The first-order valence-corrected chi connectivity index (χ1v) is 12.2. The highest BCUT2D eigenvalue weighted by atomic mass is 16.7. The molecule has 3 aliphatic rings. The second-order valence-corrected chi connectivity index (χ2v) is 9.48. The number of benzene rings is 1. The van der Waals surface area contributed by atoms with Gasteiger partial charge in [-0.3, -0.25) is 19.4 Å². The molecule has 1 aliphatic carbocycles. The summed E-state index contributed by atoms with van der Waals surface area (Å²) in [7, 11) is 0. The Bertz CT molecular complexity index is 1020. The number of pyridine rings is 1. The summed E-state index contributed by atoms with van der Waals surface area (Å²) in [6.07, 6.45) is 6.34. The number of nitrogens with zero attached hydrogens (tertiary/aromatic N) is 3. The van der Waals surface area contributed by atoms with Crippen LogP contribution in [0.15, 0.2) is 48.8 Å². The lowest BCUT2D eigenvalue weighted by molar-refractivity contribution is -0.182. The number of amides is 2. The topological polar surface area (TPSA) is 95.0 Å². The fourth-order valence-electron chi connectivity index (χ4n) is 5.67. The lowest BCUT2D eigenvalue weighted by Crippen LogP contribution is -2.51. The van der Waals surface area contributed by atoms with Crippen molar-refractivity contribution in [2.75, 3.05) is 32.8 Å². The highest BCUT2D eigenvalue weighted by molar-refractivity contribution is 5.94. The van der Waals surface area contributed by atoms with Crippen LogP contribution in [-0.2, 0) is 15.0 Å². The number of fused-ring (bicyclic) bond motifs is 2. The zero-order valence-electron chi connectivity index (χ0n) is 19.4. The predicted octanol–water partition coefficient (Wildman–Crippen LogP) is 2.20. The van der Waals surface area contributed by atoms with Crippen molar-refractivity contribution in [3.8, 4) is 0 Å². The third kappa shape index (κ3) is 4.33. The number of hydrogen-bond donors (Lipinski definition) is 2. The Morgan fingerprint density at radius 2 is 1.94 bits per heavy atom. The largest absolute Gasteiger partial charge is 0.390 e. The number of aliphatic hydroxyl groups excluding tert-OH is 1. The average molecular weight is 465 g/mol. The first kappa shape index (κ1) is 23.0. The fraction of sp³-hybridized carbons (Fsp3) is 0.500. The quantitative estimate of drug-likeness (QED) is 0.705. The molecule has 180 valence electrons. The Morgan fingerprint density at radius 3 is 2.68 bits per heavy atom. The normalized spacial score (nSPS) is 24.1. The molecule has 0 radical (unpaired) electrons. The summed E-state index contributed by atoms with van der Waals surface area (Å²) >= 11 is 0. The molecular formula is C26H32N4O4. The van der Waals surface area contributed by atoms with E-state index in [-0.39, 0.29) is 11.8 Å². The van der Waals surface area contributed by atoms with Gasteiger partial charge in [-0.1, -0.05) is 24.3 Å². The standard InChI is InChI=1S/C26H32N4O4/c31-22(9-14-30-13-3-4-17-34-30)29-15-10-26(11-16-29)21-8-2-1-7-20(21)23(24(26)32)28-25(33)19-6-5-12-27-18-19/h1-2,5-8,12,18,23-24,32H,3-4,9-11,13-17H2,(H,28,33)/t23-,24+/m1/s1. The molecular weight excluding hydrogens is 432 g/mol. The SMILES string of the molecule is O=C(N[C@@H]1c2ccccc2C2(CCN(C(=O)CCN3CCCCO3)CC2)[C@H]1O)c1cccnc1. The molecule has 3 heterocycles. The number of aromatic nitrogens is 1. The minimum absolute atomic E-state index is 0.131. The molecule has 2 amide bonds. The lowest BCUT2D eigenvalue weighted by atomic mass is 9.72. The second-order valence-electron chi connectivity index (χ2n) is 9.48. The van der Waals surface area contributed by atoms with Crippen molar-refractivity contribution in [1.29, 1.82) is 0 Å². The van der Waals surface area contributed by atoms with E-state index >= 15 is 0 Å². The summed E-state index contributed by atoms with van der Waals surface area (Å²) < 4.78 is 0. The van der Waals surface area contributed by atoms with E-state index in [9.17, 15) is 14.7 Å². The maximum Gasteiger partial charge on any atom is 0.253 e. The highest BCUT2D eigenvalue weighted by Crippen LogP contribution is 2.51. The Labute approximate surface area is 199 Å². The summed E-state index contributed by atoms with van der Waals surface area (Å²) in [6, 6.07) is 10.9. The first-order valence-electron chi connectivity index (χ1n) is 12.2. The molecule has 2 atom stereocenters. The minimum atomic E-state index is -0.760. The van der Waals surface area contributed by atoms with Gasteiger partial charge < -0.3 is 15.3 Å². The smallest absolute Gasteiger partial charge is 0.253 e. The average Bonchev–Trinajstić information content (AvgIpc) is 3.11.